The van der Waals surface area contributed by atoms with E-state index in [0.29, 0.717) is 0 Å². The summed E-state index contributed by atoms with van der Waals surface area (Å²) in [5, 5.41) is 0. The molecule has 2 rings (SSSR count). The van der Waals surface area contributed by atoms with Crippen molar-refractivity contribution < 1.29 is 0 Å². The van der Waals surface area contributed by atoms with Gasteiger partial charge >= 0.3 is 0 Å². The average molecular weight is 188 g/mol. The van der Waals surface area contributed by atoms with Crippen LogP contribution in [0.25, 0.3) is 0 Å². The van der Waals surface area contributed by atoms with Gasteiger partial charge in [-0.3, -0.25) is 0 Å². The molecule has 0 atom stereocenters. The summed E-state index contributed by atoms with van der Waals surface area (Å²) in [6.45, 7) is 4.06. The van der Waals surface area contributed by atoms with Crippen LogP contribution in [0.2, 0.25) is 0 Å². The van der Waals surface area contributed by atoms with Gasteiger partial charge < -0.3 is 0 Å². The van der Waals surface area contributed by atoms with Gasteiger partial charge in [0.2, 0.25) is 0 Å². The second-order valence-corrected chi connectivity index (χ2v) is 3.70. The lowest BCUT2D eigenvalue weighted by molar-refractivity contribution is 1.04. The van der Waals surface area contributed by atoms with Gasteiger partial charge in [0.25, 0.3) is 0 Å². The Morgan fingerprint density at radius 3 is 1.71 bits per heavy atom. The molecule has 2 bridgehead atoms. The van der Waals surface area contributed by atoms with Crippen molar-refractivity contribution in [1.82, 2.24) is 0 Å². The van der Waals surface area contributed by atoms with Crippen molar-refractivity contribution in [2.24, 2.45) is 0 Å². The molecule has 0 heterocycles. The third kappa shape index (κ3) is 3.78. The molecular formula is C14H20. The van der Waals surface area contributed by atoms with Crippen LogP contribution in [-0.4, -0.2) is 0 Å². The van der Waals surface area contributed by atoms with Crippen LogP contribution in [0.15, 0.2) is 47.6 Å². The van der Waals surface area contributed by atoms with E-state index < -0.39 is 0 Å². The molecule has 14 heavy (non-hydrogen) atoms. The van der Waals surface area contributed by atoms with Gasteiger partial charge in [0.05, 0.1) is 0 Å². The zero-order valence-electron chi connectivity index (χ0n) is 9.29. The highest BCUT2D eigenvalue weighted by Crippen LogP contribution is 2.34. The summed E-state index contributed by atoms with van der Waals surface area (Å²) >= 11 is 0. The predicted octanol–water partition coefficient (Wildman–Crippen LogP) is 4.57. The van der Waals surface area contributed by atoms with Crippen LogP contribution in [0.1, 0.15) is 39.5 Å². The molecule has 0 N–H and O–H groups in total. The van der Waals surface area contributed by atoms with E-state index in [0.717, 1.165) is 6.42 Å². The third-order valence-electron chi connectivity index (χ3n) is 2.52. The quantitative estimate of drug-likeness (QED) is 0.557. The fraction of sp³-hybridized carbons (Fsp3) is 0.429. The lowest BCUT2D eigenvalue weighted by atomic mass is 10.2. The van der Waals surface area contributed by atoms with Gasteiger partial charge in [-0.1, -0.05) is 47.6 Å². The number of rotatable bonds is 2. The van der Waals surface area contributed by atoms with E-state index in [-0.39, 0.29) is 0 Å². The molecular weight excluding hydrogens is 168 g/mol. The third-order valence-corrected chi connectivity index (χ3v) is 2.52. The Labute approximate surface area is 87.7 Å². The first-order valence-corrected chi connectivity index (χ1v) is 5.46. The number of allylic oxidation sites excluding steroid dienone is 8. The molecule has 0 spiro atoms. The van der Waals surface area contributed by atoms with E-state index in [4.69, 9.17) is 0 Å². The van der Waals surface area contributed by atoms with E-state index in [1.54, 1.807) is 11.1 Å². The first kappa shape index (κ1) is 11.0. The molecule has 2 aliphatic rings. The van der Waals surface area contributed by atoms with Gasteiger partial charge in [-0.15, -0.1) is 0 Å². The van der Waals surface area contributed by atoms with Crippen molar-refractivity contribution in [2.45, 2.75) is 39.5 Å². The minimum absolute atomic E-state index is 1.08. The Hall–Kier alpha value is -1.04. The molecule has 0 aromatic carbocycles. The summed E-state index contributed by atoms with van der Waals surface area (Å²) in [6, 6.07) is 0. The Kier molecular flexibility index (Phi) is 5.06. The monoisotopic (exact) mass is 188 g/mol. The lowest BCUT2D eigenvalue weighted by Crippen LogP contribution is -1.67. The predicted molar refractivity (Wildman–Crippen MR) is 64.3 cm³/mol. The molecule has 0 saturated heterocycles. The molecule has 1 saturated carbocycles. The van der Waals surface area contributed by atoms with Gasteiger partial charge in [0.1, 0.15) is 0 Å². The summed E-state index contributed by atoms with van der Waals surface area (Å²) in [7, 11) is 0. The minimum atomic E-state index is 1.08. The van der Waals surface area contributed by atoms with E-state index >= 15 is 0 Å². The van der Waals surface area contributed by atoms with Crippen molar-refractivity contribution in [3.05, 3.63) is 47.6 Å². The second-order valence-electron chi connectivity index (χ2n) is 3.70. The highest BCUT2D eigenvalue weighted by Gasteiger charge is 2.14. The van der Waals surface area contributed by atoms with E-state index in [1.165, 1.54) is 19.3 Å². The molecule has 0 nitrogen and oxygen atoms in total. The standard InChI is InChI=1S/C7H8.C7H12/c1-2-7-4-3-6(1)5-7;1-3-5-7-6-4-2/h1-2H,3-5H2;3-6H,7H2,1-2H3. The van der Waals surface area contributed by atoms with Crippen LogP contribution in [0, 0.1) is 0 Å². The number of fused-ring (bicyclic) bond motifs is 2. The molecule has 0 heteroatoms. The maximum Gasteiger partial charge on any atom is -0.0102 e. The molecule has 0 radical (unpaired) electrons. The number of hydrogen-bond acceptors (Lipinski definition) is 0. The zero-order chi connectivity index (χ0) is 10.2. The maximum atomic E-state index is 2.26. The van der Waals surface area contributed by atoms with Crippen LogP contribution in [-0.2, 0) is 0 Å². The molecule has 0 aromatic heterocycles. The number of hydrogen-bond donors (Lipinski definition) is 0. The summed E-state index contributed by atoms with van der Waals surface area (Å²) in [5.74, 6) is 0. The molecule has 76 valence electrons. The van der Waals surface area contributed by atoms with Crippen molar-refractivity contribution in [1.29, 1.82) is 0 Å². The van der Waals surface area contributed by atoms with E-state index in [2.05, 4.69) is 36.5 Å². The second kappa shape index (κ2) is 6.42. The fourth-order valence-corrected chi connectivity index (χ4v) is 1.66. The SMILES string of the molecule is C1=C2CCC(=C1)C2.CC=CCC=CC. The maximum absolute atomic E-state index is 2.26. The summed E-state index contributed by atoms with van der Waals surface area (Å²) in [5.41, 5.74) is 3.30. The van der Waals surface area contributed by atoms with Gasteiger partial charge in [-0.2, -0.15) is 0 Å². The summed E-state index contributed by atoms with van der Waals surface area (Å²) in [6.07, 6.45) is 18.0. The Bertz CT molecular complexity index is 246. The minimum Gasteiger partial charge on any atom is -0.0914 e. The average Bonchev–Trinajstić information content (AvgIpc) is 2.83. The molecule has 0 unspecified atom stereocenters. The van der Waals surface area contributed by atoms with Crippen LogP contribution in [0.4, 0.5) is 0 Å². The highest BCUT2D eigenvalue weighted by atomic mass is 14.2. The Morgan fingerprint density at radius 1 is 1.00 bits per heavy atom. The molecule has 0 aromatic rings. The summed E-state index contributed by atoms with van der Waals surface area (Å²) < 4.78 is 0. The highest BCUT2D eigenvalue weighted by molar-refractivity contribution is 5.36. The summed E-state index contributed by atoms with van der Waals surface area (Å²) in [4.78, 5) is 0. The van der Waals surface area contributed by atoms with Gasteiger partial charge in [0.15, 0.2) is 0 Å². The van der Waals surface area contributed by atoms with Crippen LogP contribution < -0.4 is 0 Å². The van der Waals surface area contributed by atoms with Crippen LogP contribution in [0.5, 0.6) is 0 Å². The smallest absolute Gasteiger partial charge is 0.0102 e. The van der Waals surface area contributed by atoms with E-state index in [1.807, 2.05) is 13.8 Å². The zero-order valence-corrected chi connectivity index (χ0v) is 9.29. The molecule has 0 aliphatic heterocycles. The van der Waals surface area contributed by atoms with Crippen molar-refractivity contribution in [3.63, 3.8) is 0 Å². The van der Waals surface area contributed by atoms with Crippen molar-refractivity contribution >= 4 is 0 Å². The molecule has 0 amide bonds. The topological polar surface area (TPSA) is 0 Å². The van der Waals surface area contributed by atoms with Crippen molar-refractivity contribution in [3.8, 4) is 0 Å². The largest absolute Gasteiger partial charge is 0.0914 e. The Morgan fingerprint density at radius 2 is 1.50 bits per heavy atom. The Balaban J connectivity index is 0.000000140. The van der Waals surface area contributed by atoms with Gasteiger partial charge in [-0.05, 0) is 39.5 Å². The van der Waals surface area contributed by atoms with Crippen molar-refractivity contribution in [2.75, 3.05) is 0 Å². The first-order chi connectivity index (χ1) is 6.86. The fourth-order valence-electron chi connectivity index (χ4n) is 1.66. The van der Waals surface area contributed by atoms with Gasteiger partial charge in [0, 0.05) is 0 Å². The van der Waals surface area contributed by atoms with Gasteiger partial charge in [-0.25, -0.2) is 0 Å². The van der Waals surface area contributed by atoms with Crippen LogP contribution >= 0.6 is 0 Å². The lowest BCUT2D eigenvalue weighted by Gasteiger charge is -1.87. The normalized spacial score (nSPS) is 18.4. The van der Waals surface area contributed by atoms with E-state index in [9.17, 15) is 0 Å². The molecule has 1 fully saturated rings. The molecule has 2 aliphatic carbocycles. The first-order valence-electron chi connectivity index (χ1n) is 5.46. The van der Waals surface area contributed by atoms with Crippen LogP contribution in [0.3, 0.4) is 0 Å².